The van der Waals surface area contributed by atoms with Crippen molar-refractivity contribution >= 4 is 22.5 Å². The van der Waals surface area contributed by atoms with Gasteiger partial charge >= 0.3 is 0 Å². The Morgan fingerprint density at radius 2 is 2.12 bits per heavy atom. The minimum Gasteiger partial charge on any atom is -0.357 e. The number of fused-ring (bicyclic) bond motifs is 2. The molecule has 4 aromatic heterocycles. The predicted molar refractivity (Wildman–Crippen MR) is 95.8 cm³/mol. The van der Waals surface area contributed by atoms with Crippen LogP contribution in [0, 0.1) is 6.92 Å². The molecule has 25 heavy (non-hydrogen) atoms. The maximum Gasteiger partial charge on any atom is 0.160 e. The molecule has 1 saturated heterocycles. The molecule has 1 fully saturated rings. The number of anilines is 1. The van der Waals surface area contributed by atoms with Crippen LogP contribution in [0.25, 0.3) is 16.7 Å². The van der Waals surface area contributed by atoms with Gasteiger partial charge in [0, 0.05) is 31.4 Å². The normalized spacial score (nSPS) is 18.3. The first-order valence-corrected chi connectivity index (χ1v) is 8.66. The number of pyridine rings is 1. The number of hydrogen-bond acceptors (Lipinski definition) is 5. The third-order valence-electron chi connectivity index (χ3n) is 4.92. The standard InChI is InChI=1S/C18H19N7/c1-12-20-14-7-8-19-16(14)18(21-12)24-9-4-5-13(11-24)17-23-22-15-6-2-3-10-25(15)17/h2-3,6-8,10,13,19H,4-5,9,11H2,1H3. The molecule has 0 radical (unpaired) electrons. The first kappa shape index (κ1) is 14.4. The lowest BCUT2D eigenvalue weighted by Gasteiger charge is -2.33. The highest BCUT2D eigenvalue weighted by Gasteiger charge is 2.27. The van der Waals surface area contributed by atoms with Gasteiger partial charge < -0.3 is 9.88 Å². The highest BCUT2D eigenvalue weighted by Crippen LogP contribution is 2.31. The van der Waals surface area contributed by atoms with Crippen LogP contribution in [0.1, 0.15) is 30.4 Å². The van der Waals surface area contributed by atoms with Gasteiger partial charge in [0.1, 0.15) is 17.2 Å². The molecule has 0 saturated carbocycles. The number of aryl methyl sites for hydroxylation is 1. The summed E-state index contributed by atoms with van der Waals surface area (Å²) in [6.45, 7) is 3.83. The van der Waals surface area contributed by atoms with E-state index in [1.807, 2.05) is 43.6 Å². The van der Waals surface area contributed by atoms with E-state index < -0.39 is 0 Å². The third kappa shape index (κ3) is 2.34. The minimum atomic E-state index is 0.339. The van der Waals surface area contributed by atoms with E-state index >= 15 is 0 Å². The molecule has 7 heteroatoms. The van der Waals surface area contributed by atoms with Gasteiger partial charge in [-0.2, -0.15) is 0 Å². The summed E-state index contributed by atoms with van der Waals surface area (Å²) < 4.78 is 2.10. The highest BCUT2D eigenvalue weighted by atomic mass is 15.3. The molecule has 1 N–H and O–H groups in total. The molecule has 0 bridgehead atoms. The second-order valence-electron chi connectivity index (χ2n) is 6.60. The van der Waals surface area contributed by atoms with Crippen LogP contribution in [0.5, 0.6) is 0 Å². The van der Waals surface area contributed by atoms with Crippen LogP contribution in [-0.2, 0) is 0 Å². The zero-order chi connectivity index (χ0) is 16.8. The van der Waals surface area contributed by atoms with E-state index in [1.165, 1.54) is 0 Å². The maximum absolute atomic E-state index is 4.72. The predicted octanol–water partition coefficient (Wildman–Crippen LogP) is 2.69. The van der Waals surface area contributed by atoms with Gasteiger partial charge in [0.2, 0.25) is 0 Å². The summed E-state index contributed by atoms with van der Waals surface area (Å²) in [5, 5.41) is 8.77. The monoisotopic (exact) mass is 333 g/mol. The molecular weight excluding hydrogens is 314 g/mol. The van der Waals surface area contributed by atoms with Gasteiger partial charge in [0.05, 0.1) is 5.52 Å². The van der Waals surface area contributed by atoms with Crippen LogP contribution >= 0.6 is 0 Å². The maximum atomic E-state index is 4.72. The Kier molecular flexibility index (Phi) is 3.19. The third-order valence-corrected chi connectivity index (χ3v) is 4.92. The Morgan fingerprint density at radius 3 is 3.08 bits per heavy atom. The zero-order valence-corrected chi connectivity index (χ0v) is 14.1. The smallest absolute Gasteiger partial charge is 0.160 e. The second-order valence-corrected chi connectivity index (χ2v) is 6.60. The van der Waals surface area contributed by atoms with Crippen molar-refractivity contribution in [1.82, 2.24) is 29.5 Å². The van der Waals surface area contributed by atoms with Gasteiger partial charge in [0.15, 0.2) is 11.5 Å². The topological polar surface area (TPSA) is 75.0 Å². The Bertz CT molecular complexity index is 1050. The molecule has 1 aliphatic heterocycles. The summed E-state index contributed by atoms with van der Waals surface area (Å²) in [5.74, 6) is 3.17. The number of hydrogen-bond donors (Lipinski definition) is 1. The molecule has 126 valence electrons. The second kappa shape index (κ2) is 5.54. The lowest BCUT2D eigenvalue weighted by molar-refractivity contribution is 0.486. The summed E-state index contributed by atoms with van der Waals surface area (Å²) in [6.07, 6.45) is 6.19. The van der Waals surface area contributed by atoms with E-state index in [9.17, 15) is 0 Å². The fourth-order valence-electron chi connectivity index (χ4n) is 3.79. The molecule has 1 aliphatic rings. The van der Waals surface area contributed by atoms with Crippen molar-refractivity contribution < 1.29 is 0 Å². The fraction of sp³-hybridized carbons (Fsp3) is 0.333. The number of rotatable bonds is 2. The van der Waals surface area contributed by atoms with E-state index in [1.54, 1.807) is 0 Å². The number of H-pyrrole nitrogens is 1. The molecule has 7 nitrogen and oxygen atoms in total. The average Bonchev–Trinajstić information content (AvgIpc) is 3.27. The van der Waals surface area contributed by atoms with Crippen molar-refractivity contribution in [2.45, 2.75) is 25.7 Å². The summed E-state index contributed by atoms with van der Waals surface area (Å²) in [6, 6.07) is 8.01. The Morgan fingerprint density at radius 1 is 1.16 bits per heavy atom. The Balaban J connectivity index is 1.53. The summed E-state index contributed by atoms with van der Waals surface area (Å²) in [5.41, 5.74) is 2.88. The van der Waals surface area contributed by atoms with Crippen LogP contribution in [-0.4, -0.2) is 42.6 Å². The van der Waals surface area contributed by atoms with E-state index in [0.717, 1.165) is 60.1 Å². The van der Waals surface area contributed by atoms with Crippen molar-refractivity contribution in [3.63, 3.8) is 0 Å². The molecule has 0 aromatic carbocycles. The molecule has 1 unspecified atom stereocenters. The lowest BCUT2D eigenvalue weighted by Crippen LogP contribution is -2.36. The highest BCUT2D eigenvalue weighted by molar-refractivity contribution is 5.86. The average molecular weight is 333 g/mol. The van der Waals surface area contributed by atoms with Crippen LogP contribution in [0.4, 0.5) is 5.82 Å². The van der Waals surface area contributed by atoms with Gasteiger partial charge in [-0.05, 0) is 38.0 Å². The lowest BCUT2D eigenvalue weighted by atomic mass is 9.97. The van der Waals surface area contributed by atoms with E-state index in [-0.39, 0.29) is 0 Å². The van der Waals surface area contributed by atoms with Crippen molar-refractivity contribution in [3.05, 3.63) is 48.3 Å². The SMILES string of the molecule is Cc1nc(N2CCCC(c3nnc4ccccn34)C2)c2[nH]ccc2n1. The van der Waals surface area contributed by atoms with E-state index in [0.29, 0.717) is 5.92 Å². The molecule has 0 aliphatic carbocycles. The van der Waals surface area contributed by atoms with Gasteiger partial charge in [-0.1, -0.05) is 6.07 Å². The van der Waals surface area contributed by atoms with Crippen molar-refractivity contribution in [2.24, 2.45) is 0 Å². The van der Waals surface area contributed by atoms with Gasteiger partial charge in [-0.15, -0.1) is 10.2 Å². The van der Waals surface area contributed by atoms with Crippen LogP contribution < -0.4 is 4.90 Å². The quantitative estimate of drug-likeness (QED) is 0.610. The first-order chi connectivity index (χ1) is 12.3. The van der Waals surface area contributed by atoms with Crippen molar-refractivity contribution in [3.8, 4) is 0 Å². The number of aromatic amines is 1. The number of piperidine rings is 1. The molecule has 5 rings (SSSR count). The Hall–Kier alpha value is -2.96. The molecular formula is C18H19N7. The van der Waals surface area contributed by atoms with Gasteiger partial charge in [0.25, 0.3) is 0 Å². The van der Waals surface area contributed by atoms with Crippen molar-refractivity contribution in [2.75, 3.05) is 18.0 Å². The van der Waals surface area contributed by atoms with E-state index in [2.05, 4.69) is 29.5 Å². The summed E-state index contributed by atoms with van der Waals surface area (Å²) >= 11 is 0. The largest absolute Gasteiger partial charge is 0.357 e. The van der Waals surface area contributed by atoms with Crippen LogP contribution in [0.2, 0.25) is 0 Å². The minimum absolute atomic E-state index is 0.339. The zero-order valence-electron chi connectivity index (χ0n) is 14.1. The first-order valence-electron chi connectivity index (χ1n) is 8.66. The molecule has 4 aromatic rings. The van der Waals surface area contributed by atoms with E-state index in [4.69, 9.17) is 4.98 Å². The number of nitrogens with one attached hydrogen (secondary N) is 1. The molecule has 1 atom stereocenters. The summed E-state index contributed by atoms with van der Waals surface area (Å²) in [4.78, 5) is 14.9. The number of nitrogens with zero attached hydrogens (tertiary/aromatic N) is 6. The molecule has 0 spiro atoms. The van der Waals surface area contributed by atoms with Crippen LogP contribution in [0.15, 0.2) is 36.7 Å². The van der Waals surface area contributed by atoms with Crippen LogP contribution in [0.3, 0.4) is 0 Å². The van der Waals surface area contributed by atoms with Crippen molar-refractivity contribution in [1.29, 1.82) is 0 Å². The fourth-order valence-corrected chi connectivity index (χ4v) is 3.79. The number of aromatic nitrogens is 6. The Labute approximate surface area is 144 Å². The summed E-state index contributed by atoms with van der Waals surface area (Å²) in [7, 11) is 0. The van der Waals surface area contributed by atoms with Gasteiger partial charge in [-0.25, -0.2) is 9.97 Å². The molecule has 5 heterocycles. The van der Waals surface area contributed by atoms with Gasteiger partial charge in [-0.3, -0.25) is 4.40 Å². The molecule has 0 amide bonds.